The molecule has 1 aromatic rings. The van der Waals surface area contributed by atoms with Crippen LogP contribution in [0.25, 0.3) is 0 Å². The fourth-order valence-corrected chi connectivity index (χ4v) is 3.23. The molecule has 2 nitrogen and oxygen atoms in total. The number of nitrogens with two attached hydrogens (primary N) is 1. The highest BCUT2D eigenvalue weighted by Crippen LogP contribution is 2.30. The first-order chi connectivity index (χ1) is 9.11. The van der Waals surface area contributed by atoms with Crippen LogP contribution in [0.15, 0.2) is 24.3 Å². The smallest absolute Gasteiger partial charge is 0.0499 e. The molecule has 1 heterocycles. The van der Waals surface area contributed by atoms with Gasteiger partial charge in [0.25, 0.3) is 0 Å². The third kappa shape index (κ3) is 3.58. The van der Waals surface area contributed by atoms with Gasteiger partial charge in [-0.05, 0) is 49.4 Å². The highest BCUT2D eigenvalue weighted by atomic mass is 15.2. The van der Waals surface area contributed by atoms with E-state index in [1.165, 1.54) is 24.1 Å². The average molecular weight is 260 g/mol. The highest BCUT2D eigenvalue weighted by Gasteiger charge is 2.28. The molecule has 0 saturated carbocycles. The number of hydrogen-bond acceptors (Lipinski definition) is 2. The molecule has 0 aromatic heterocycles. The second kappa shape index (κ2) is 6.53. The summed E-state index contributed by atoms with van der Waals surface area (Å²) in [6.45, 7) is 9.04. The van der Waals surface area contributed by atoms with E-state index in [1.807, 2.05) is 0 Å². The predicted molar refractivity (Wildman–Crippen MR) is 82.2 cm³/mol. The zero-order chi connectivity index (χ0) is 13.8. The quantitative estimate of drug-likeness (QED) is 0.899. The van der Waals surface area contributed by atoms with Crippen molar-refractivity contribution in [1.29, 1.82) is 0 Å². The van der Waals surface area contributed by atoms with Crippen LogP contribution >= 0.6 is 0 Å². The molecule has 106 valence electrons. The summed E-state index contributed by atoms with van der Waals surface area (Å²) in [6.07, 6.45) is 3.54. The van der Waals surface area contributed by atoms with Gasteiger partial charge >= 0.3 is 0 Å². The first kappa shape index (κ1) is 14.5. The van der Waals surface area contributed by atoms with Crippen LogP contribution in [0.3, 0.4) is 0 Å². The molecule has 1 fully saturated rings. The molecular weight excluding hydrogens is 232 g/mol. The molecule has 0 radical (unpaired) electrons. The second-order valence-corrected chi connectivity index (χ2v) is 6.22. The van der Waals surface area contributed by atoms with Gasteiger partial charge in [0.2, 0.25) is 0 Å². The molecular formula is C17H28N2. The van der Waals surface area contributed by atoms with Crippen molar-refractivity contribution in [3.05, 3.63) is 35.4 Å². The maximum Gasteiger partial charge on any atom is 0.0499 e. The van der Waals surface area contributed by atoms with Crippen LogP contribution in [0.2, 0.25) is 0 Å². The van der Waals surface area contributed by atoms with Crippen LogP contribution < -0.4 is 5.73 Å². The molecule has 0 amide bonds. The molecule has 19 heavy (non-hydrogen) atoms. The number of hydrogen-bond donors (Lipinski definition) is 1. The number of likely N-dealkylation sites (tertiary alicyclic amines) is 1. The van der Waals surface area contributed by atoms with Gasteiger partial charge in [-0.15, -0.1) is 0 Å². The Bertz CT molecular complexity index is 383. The SMILES string of the molecule is CCN1CCCC(N)C1c1ccc(CC(C)C)cc1. The van der Waals surface area contributed by atoms with Gasteiger partial charge in [0, 0.05) is 12.1 Å². The molecule has 1 aliphatic heterocycles. The van der Waals surface area contributed by atoms with Crippen molar-refractivity contribution < 1.29 is 0 Å². The van der Waals surface area contributed by atoms with Crippen molar-refractivity contribution in [2.45, 2.75) is 52.1 Å². The molecule has 2 rings (SSSR count). The fraction of sp³-hybridized carbons (Fsp3) is 0.647. The van der Waals surface area contributed by atoms with Gasteiger partial charge in [-0.2, -0.15) is 0 Å². The van der Waals surface area contributed by atoms with E-state index >= 15 is 0 Å². The Morgan fingerprint density at radius 1 is 1.26 bits per heavy atom. The Kier molecular flexibility index (Phi) is 5.00. The van der Waals surface area contributed by atoms with Crippen molar-refractivity contribution in [2.75, 3.05) is 13.1 Å². The number of rotatable bonds is 4. The van der Waals surface area contributed by atoms with Gasteiger partial charge in [0.05, 0.1) is 0 Å². The normalized spacial score (nSPS) is 24.9. The summed E-state index contributed by atoms with van der Waals surface area (Å²) in [5, 5.41) is 0. The van der Waals surface area contributed by atoms with Crippen molar-refractivity contribution in [3.8, 4) is 0 Å². The summed E-state index contributed by atoms with van der Waals surface area (Å²) in [7, 11) is 0. The van der Waals surface area contributed by atoms with Gasteiger partial charge in [0.1, 0.15) is 0 Å². The summed E-state index contributed by atoms with van der Waals surface area (Å²) < 4.78 is 0. The Morgan fingerprint density at radius 3 is 2.53 bits per heavy atom. The molecule has 0 bridgehead atoms. The minimum absolute atomic E-state index is 0.282. The van der Waals surface area contributed by atoms with Gasteiger partial charge in [-0.1, -0.05) is 45.0 Å². The first-order valence-corrected chi connectivity index (χ1v) is 7.70. The van der Waals surface area contributed by atoms with Crippen LogP contribution in [0.5, 0.6) is 0 Å². The number of benzene rings is 1. The third-order valence-electron chi connectivity index (χ3n) is 4.15. The molecule has 1 aliphatic rings. The van der Waals surface area contributed by atoms with Gasteiger partial charge in [-0.25, -0.2) is 0 Å². The third-order valence-corrected chi connectivity index (χ3v) is 4.15. The van der Waals surface area contributed by atoms with Crippen LogP contribution in [0, 0.1) is 5.92 Å². The Morgan fingerprint density at radius 2 is 1.95 bits per heavy atom. The van der Waals surface area contributed by atoms with Gasteiger partial charge in [-0.3, -0.25) is 4.90 Å². The minimum Gasteiger partial charge on any atom is -0.326 e. The summed E-state index contributed by atoms with van der Waals surface area (Å²) in [5.41, 5.74) is 9.18. The number of piperidine rings is 1. The standard InChI is InChI=1S/C17H28N2/c1-4-19-11-5-6-16(18)17(19)15-9-7-14(8-10-15)12-13(2)3/h7-10,13,16-17H,4-6,11-12,18H2,1-3H3. The lowest BCUT2D eigenvalue weighted by Crippen LogP contribution is -2.45. The molecule has 1 aromatic carbocycles. The van der Waals surface area contributed by atoms with Crippen molar-refractivity contribution in [1.82, 2.24) is 4.90 Å². The lowest BCUT2D eigenvalue weighted by Gasteiger charge is -2.39. The lowest BCUT2D eigenvalue weighted by molar-refractivity contribution is 0.136. The fourth-order valence-electron chi connectivity index (χ4n) is 3.23. The molecule has 0 aliphatic carbocycles. The maximum atomic E-state index is 6.35. The van der Waals surface area contributed by atoms with Crippen LogP contribution in [-0.4, -0.2) is 24.0 Å². The van der Waals surface area contributed by atoms with Crippen molar-refractivity contribution in [3.63, 3.8) is 0 Å². The van der Waals surface area contributed by atoms with Crippen molar-refractivity contribution in [2.24, 2.45) is 11.7 Å². The lowest BCUT2D eigenvalue weighted by atomic mass is 9.90. The summed E-state index contributed by atoms with van der Waals surface area (Å²) in [5.74, 6) is 0.718. The monoisotopic (exact) mass is 260 g/mol. The Labute approximate surface area is 118 Å². The zero-order valence-electron chi connectivity index (χ0n) is 12.6. The van der Waals surface area contributed by atoms with Crippen molar-refractivity contribution >= 4 is 0 Å². The van der Waals surface area contributed by atoms with E-state index < -0.39 is 0 Å². The molecule has 2 atom stereocenters. The van der Waals surface area contributed by atoms with E-state index in [4.69, 9.17) is 5.73 Å². The summed E-state index contributed by atoms with van der Waals surface area (Å²) in [6, 6.07) is 9.83. The zero-order valence-corrected chi connectivity index (χ0v) is 12.6. The second-order valence-electron chi connectivity index (χ2n) is 6.22. The van der Waals surface area contributed by atoms with E-state index in [0.29, 0.717) is 6.04 Å². The van der Waals surface area contributed by atoms with Crippen LogP contribution in [0.4, 0.5) is 0 Å². The predicted octanol–water partition coefficient (Wildman–Crippen LogP) is 3.37. The largest absolute Gasteiger partial charge is 0.326 e. The Hall–Kier alpha value is -0.860. The molecule has 2 N–H and O–H groups in total. The molecule has 1 saturated heterocycles. The summed E-state index contributed by atoms with van der Waals surface area (Å²) in [4.78, 5) is 2.52. The molecule has 0 spiro atoms. The van der Waals surface area contributed by atoms with Gasteiger partial charge < -0.3 is 5.73 Å². The van der Waals surface area contributed by atoms with Crippen LogP contribution in [-0.2, 0) is 6.42 Å². The topological polar surface area (TPSA) is 29.3 Å². The van der Waals surface area contributed by atoms with E-state index in [1.54, 1.807) is 0 Å². The van der Waals surface area contributed by atoms with E-state index in [-0.39, 0.29) is 6.04 Å². The first-order valence-electron chi connectivity index (χ1n) is 7.70. The summed E-state index contributed by atoms with van der Waals surface area (Å²) >= 11 is 0. The number of likely N-dealkylation sites (N-methyl/N-ethyl adjacent to an activating group) is 1. The number of nitrogens with zero attached hydrogens (tertiary/aromatic N) is 1. The molecule has 2 heteroatoms. The van der Waals surface area contributed by atoms with E-state index in [0.717, 1.165) is 25.3 Å². The highest BCUT2D eigenvalue weighted by molar-refractivity contribution is 5.27. The van der Waals surface area contributed by atoms with E-state index in [2.05, 4.69) is 49.9 Å². The van der Waals surface area contributed by atoms with Crippen LogP contribution in [0.1, 0.15) is 50.8 Å². The maximum absolute atomic E-state index is 6.35. The molecule has 2 unspecified atom stereocenters. The van der Waals surface area contributed by atoms with E-state index in [9.17, 15) is 0 Å². The van der Waals surface area contributed by atoms with Gasteiger partial charge in [0.15, 0.2) is 0 Å². The Balaban J connectivity index is 2.15. The minimum atomic E-state index is 0.282. The average Bonchev–Trinajstić information content (AvgIpc) is 2.39.